The van der Waals surface area contributed by atoms with Gasteiger partial charge in [0, 0.05) is 0 Å². The quantitative estimate of drug-likeness (QED) is 0.434. The molecule has 0 spiro atoms. The summed E-state index contributed by atoms with van der Waals surface area (Å²) in [6.45, 7) is 0. The first-order valence-corrected chi connectivity index (χ1v) is 8.96. The van der Waals surface area contributed by atoms with Gasteiger partial charge >= 0.3 is 0 Å². The van der Waals surface area contributed by atoms with Crippen LogP contribution in [0.3, 0.4) is 0 Å². The van der Waals surface area contributed by atoms with Gasteiger partial charge in [-0.05, 0) is 36.4 Å². The predicted molar refractivity (Wildman–Crippen MR) is 111 cm³/mol. The van der Waals surface area contributed by atoms with Crippen molar-refractivity contribution in [3.05, 3.63) is 90.1 Å². The topological polar surface area (TPSA) is 72.0 Å². The van der Waals surface area contributed by atoms with E-state index in [2.05, 4.69) is 25.8 Å². The zero-order chi connectivity index (χ0) is 19.2. The molecule has 1 aromatic heterocycles. The Kier molecular flexibility index (Phi) is 5.31. The van der Waals surface area contributed by atoms with Crippen LogP contribution in [0, 0.1) is 0 Å². The molecular weight excluding hydrogens is 374 g/mol. The number of hydrogen-bond acceptors (Lipinski definition) is 6. The first-order valence-electron chi connectivity index (χ1n) is 8.58. The lowest BCUT2D eigenvalue weighted by molar-refractivity contribution is 0.485. The lowest BCUT2D eigenvalue weighted by Gasteiger charge is -2.13. The van der Waals surface area contributed by atoms with Crippen molar-refractivity contribution in [2.45, 2.75) is 0 Å². The van der Waals surface area contributed by atoms with Crippen LogP contribution in [0.5, 0.6) is 11.5 Å². The van der Waals surface area contributed by atoms with Gasteiger partial charge in [0.2, 0.25) is 5.95 Å². The molecule has 0 saturated heterocycles. The molecule has 0 amide bonds. The molecule has 0 bridgehead atoms. The lowest BCUT2D eigenvalue weighted by Crippen LogP contribution is -2.03. The van der Waals surface area contributed by atoms with Gasteiger partial charge < -0.3 is 15.4 Å². The van der Waals surface area contributed by atoms with Crippen molar-refractivity contribution in [1.82, 2.24) is 15.2 Å². The van der Waals surface area contributed by atoms with Crippen molar-refractivity contribution in [3.8, 4) is 11.5 Å². The molecule has 1 heterocycles. The van der Waals surface area contributed by atoms with Gasteiger partial charge in [0.05, 0.1) is 22.6 Å². The Balaban J connectivity index is 1.54. The fourth-order valence-electron chi connectivity index (χ4n) is 2.51. The molecule has 7 heteroatoms. The zero-order valence-corrected chi connectivity index (χ0v) is 15.5. The maximum Gasteiger partial charge on any atom is 0.249 e. The minimum absolute atomic E-state index is 0.333. The molecule has 0 saturated carbocycles. The van der Waals surface area contributed by atoms with Crippen LogP contribution in [-0.4, -0.2) is 15.2 Å². The number of ether oxygens (including phenoxy) is 1. The average Bonchev–Trinajstić information content (AvgIpc) is 2.72. The van der Waals surface area contributed by atoms with Crippen molar-refractivity contribution in [1.29, 1.82) is 0 Å². The van der Waals surface area contributed by atoms with E-state index in [-0.39, 0.29) is 0 Å². The number of nitrogens with zero attached hydrogens (tertiary/aromatic N) is 3. The number of rotatable bonds is 6. The molecule has 0 aliphatic rings. The second kappa shape index (κ2) is 8.37. The summed E-state index contributed by atoms with van der Waals surface area (Å²) in [5, 5.41) is 14.9. The van der Waals surface area contributed by atoms with E-state index in [4.69, 9.17) is 16.3 Å². The number of halogens is 1. The molecule has 2 N–H and O–H groups in total. The highest BCUT2D eigenvalue weighted by Gasteiger charge is 2.08. The summed E-state index contributed by atoms with van der Waals surface area (Å²) in [6, 6.07) is 24.6. The van der Waals surface area contributed by atoms with Gasteiger partial charge in [-0.2, -0.15) is 10.1 Å². The maximum atomic E-state index is 6.17. The molecule has 0 aliphatic heterocycles. The highest BCUT2D eigenvalue weighted by Crippen LogP contribution is 2.31. The summed E-state index contributed by atoms with van der Waals surface area (Å²) >= 11 is 6.17. The Labute approximate surface area is 167 Å². The molecule has 0 unspecified atom stereocenters. The van der Waals surface area contributed by atoms with E-state index in [1.165, 1.54) is 6.20 Å². The first-order chi connectivity index (χ1) is 13.8. The summed E-state index contributed by atoms with van der Waals surface area (Å²) < 4.78 is 5.96. The number of benzene rings is 3. The second-order valence-corrected chi connectivity index (χ2v) is 6.21. The van der Waals surface area contributed by atoms with Crippen LogP contribution in [0.4, 0.5) is 23.1 Å². The van der Waals surface area contributed by atoms with Crippen LogP contribution < -0.4 is 15.4 Å². The summed E-state index contributed by atoms with van der Waals surface area (Å²) in [5.74, 6) is 2.28. The van der Waals surface area contributed by atoms with Gasteiger partial charge in [0.15, 0.2) is 11.6 Å². The molecule has 4 aromatic rings. The smallest absolute Gasteiger partial charge is 0.249 e. The molecular formula is C21H16ClN5O. The second-order valence-electron chi connectivity index (χ2n) is 5.81. The van der Waals surface area contributed by atoms with Crippen LogP contribution in [-0.2, 0) is 0 Å². The monoisotopic (exact) mass is 389 g/mol. The van der Waals surface area contributed by atoms with E-state index in [0.29, 0.717) is 28.2 Å². The fourth-order valence-corrected chi connectivity index (χ4v) is 2.70. The number of anilines is 4. The number of aromatic nitrogens is 3. The van der Waals surface area contributed by atoms with Gasteiger partial charge in [-0.3, -0.25) is 0 Å². The van der Waals surface area contributed by atoms with Crippen molar-refractivity contribution >= 4 is 34.7 Å². The minimum Gasteiger partial charge on any atom is -0.455 e. The van der Waals surface area contributed by atoms with Crippen LogP contribution in [0.25, 0.3) is 0 Å². The summed E-state index contributed by atoms with van der Waals surface area (Å²) in [4.78, 5) is 4.44. The number of nitrogens with one attached hydrogen (secondary N) is 2. The largest absolute Gasteiger partial charge is 0.455 e. The highest BCUT2D eigenvalue weighted by molar-refractivity contribution is 6.33. The lowest BCUT2D eigenvalue weighted by atomic mass is 10.3. The third kappa shape index (κ3) is 4.36. The molecule has 3 aromatic carbocycles. The van der Waals surface area contributed by atoms with Crippen LogP contribution in [0.1, 0.15) is 0 Å². The van der Waals surface area contributed by atoms with E-state index < -0.39 is 0 Å². The van der Waals surface area contributed by atoms with E-state index in [1.807, 2.05) is 72.8 Å². The Morgan fingerprint density at radius 1 is 0.750 bits per heavy atom. The minimum atomic E-state index is 0.333. The predicted octanol–water partition coefficient (Wildman–Crippen LogP) is 5.80. The van der Waals surface area contributed by atoms with Gasteiger partial charge in [-0.25, -0.2) is 0 Å². The normalized spacial score (nSPS) is 10.3. The van der Waals surface area contributed by atoms with Crippen LogP contribution >= 0.6 is 11.6 Å². The summed E-state index contributed by atoms with van der Waals surface area (Å²) in [7, 11) is 0. The van der Waals surface area contributed by atoms with Crippen molar-refractivity contribution in [2.75, 3.05) is 10.6 Å². The van der Waals surface area contributed by atoms with Gasteiger partial charge in [-0.15, -0.1) is 5.10 Å². The third-order valence-corrected chi connectivity index (χ3v) is 4.13. The number of para-hydroxylation sites is 4. The molecule has 0 atom stereocenters. The van der Waals surface area contributed by atoms with Crippen LogP contribution in [0.2, 0.25) is 5.02 Å². The number of hydrogen-bond donors (Lipinski definition) is 2. The molecule has 0 aliphatic carbocycles. The summed E-state index contributed by atoms with van der Waals surface area (Å²) in [5.41, 5.74) is 1.46. The molecule has 0 fully saturated rings. The SMILES string of the molecule is Clc1ccccc1Nc1nncc(Nc2ccccc2Oc2ccccc2)n1. The molecule has 0 radical (unpaired) electrons. The maximum absolute atomic E-state index is 6.17. The zero-order valence-electron chi connectivity index (χ0n) is 14.7. The van der Waals surface area contributed by atoms with Crippen molar-refractivity contribution in [3.63, 3.8) is 0 Å². The Morgan fingerprint density at radius 2 is 1.46 bits per heavy atom. The first kappa shape index (κ1) is 17.8. The van der Waals surface area contributed by atoms with Gasteiger partial charge in [0.1, 0.15) is 5.75 Å². The van der Waals surface area contributed by atoms with Crippen molar-refractivity contribution in [2.24, 2.45) is 0 Å². The van der Waals surface area contributed by atoms with Crippen molar-refractivity contribution < 1.29 is 4.74 Å². The Morgan fingerprint density at radius 3 is 2.29 bits per heavy atom. The standard InChI is InChI=1S/C21H16ClN5O/c22-16-10-4-5-11-17(16)25-21-26-20(14-23-27-21)24-18-12-6-7-13-19(18)28-15-8-2-1-3-9-15/h1-14H,(H2,24,25,26,27). The highest BCUT2D eigenvalue weighted by atomic mass is 35.5. The molecule has 138 valence electrons. The van der Waals surface area contributed by atoms with E-state index in [1.54, 1.807) is 6.07 Å². The average molecular weight is 390 g/mol. The van der Waals surface area contributed by atoms with E-state index >= 15 is 0 Å². The van der Waals surface area contributed by atoms with E-state index in [0.717, 1.165) is 11.4 Å². The molecule has 4 rings (SSSR count). The Bertz CT molecular complexity index is 1070. The molecule has 6 nitrogen and oxygen atoms in total. The summed E-state index contributed by atoms with van der Waals surface area (Å²) in [6.07, 6.45) is 1.54. The fraction of sp³-hybridized carbons (Fsp3) is 0. The van der Waals surface area contributed by atoms with Crippen LogP contribution in [0.15, 0.2) is 85.1 Å². The third-order valence-electron chi connectivity index (χ3n) is 3.80. The van der Waals surface area contributed by atoms with Gasteiger partial charge in [0.25, 0.3) is 0 Å². The molecule has 28 heavy (non-hydrogen) atoms. The van der Waals surface area contributed by atoms with E-state index in [9.17, 15) is 0 Å². The van der Waals surface area contributed by atoms with Gasteiger partial charge in [-0.1, -0.05) is 54.1 Å². The Hall–Kier alpha value is -3.64.